The Morgan fingerprint density at radius 2 is 1.97 bits per heavy atom. The molecule has 1 amide bonds. The largest absolute Gasteiger partial charge is 0.493 e. The smallest absolute Gasteiger partial charge is 0.250 e. The molecular formula is C23H25N3O3S. The predicted molar refractivity (Wildman–Crippen MR) is 120 cm³/mol. The van der Waals surface area contributed by atoms with Crippen molar-refractivity contribution in [1.29, 1.82) is 0 Å². The van der Waals surface area contributed by atoms with Gasteiger partial charge in [-0.2, -0.15) is 0 Å². The molecule has 0 atom stereocenters. The maximum atomic E-state index is 12.2. The number of nitrogens with zero attached hydrogens (tertiary/aromatic N) is 2. The summed E-state index contributed by atoms with van der Waals surface area (Å²) in [5.41, 5.74) is 1.99. The predicted octanol–water partition coefficient (Wildman–Crippen LogP) is 4.97. The third kappa shape index (κ3) is 6.42. The van der Waals surface area contributed by atoms with Crippen LogP contribution in [0.1, 0.15) is 35.9 Å². The molecule has 6 nitrogen and oxygen atoms in total. The molecule has 0 saturated carbocycles. The molecule has 3 aromatic rings. The molecule has 0 spiro atoms. The van der Waals surface area contributed by atoms with Gasteiger partial charge in [0.15, 0.2) is 11.5 Å². The van der Waals surface area contributed by atoms with Crippen molar-refractivity contribution in [3.8, 4) is 11.5 Å². The van der Waals surface area contributed by atoms with Crippen molar-refractivity contribution in [2.45, 2.75) is 26.2 Å². The number of carbonyl (C=O) groups is 1. The Kier molecular flexibility index (Phi) is 7.97. The fourth-order valence-corrected chi connectivity index (χ4v) is 3.48. The first-order chi connectivity index (χ1) is 14.7. The van der Waals surface area contributed by atoms with Crippen LogP contribution in [0, 0.1) is 0 Å². The van der Waals surface area contributed by atoms with E-state index in [0.29, 0.717) is 29.7 Å². The molecule has 30 heavy (non-hydrogen) atoms. The summed E-state index contributed by atoms with van der Waals surface area (Å²) in [7, 11) is 1.60. The topological polar surface area (TPSA) is 73.3 Å². The third-order valence-corrected chi connectivity index (χ3v) is 5.10. The molecule has 0 saturated heterocycles. The monoisotopic (exact) mass is 423 g/mol. The van der Waals surface area contributed by atoms with E-state index in [-0.39, 0.29) is 5.91 Å². The number of aromatic nitrogens is 2. The Morgan fingerprint density at radius 3 is 2.73 bits per heavy atom. The summed E-state index contributed by atoms with van der Waals surface area (Å²) in [5.74, 6) is 1.08. The van der Waals surface area contributed by atoms with E-state index in [9.17, 15) is 4.79 Å². The number of unbranched alkanes of at least 4 members (excludes halogenated alkanes) is 1. The summed E-state index contributed by atoms with van der Waals surface area (Å²) in [6, 6.07) is 15.6. The quantitative estimate of drug-likeness (QED) is 0.368. The maximum absolute atomic E-state index is 12.2. The number of methoxy groups -OCH3 is 1. The van der Waals surface area contributed by atoms with Gasteiger partial charge in [0.25, 0.3) is 0 Å². The molecule has 0 radical (unpaired) electrons. The molecule has 0 aliphatic heterocycles. The molecule has 0 bridgehead atoms. The normalized spacial score (nSPS) is 10.9. The number of benzene rings is 2. The lowest BCUT2D eigenvalue weighted by atomic mass is 10.2. The minimum absolute atomic E-state index is 0.264. The van der Waals surface area contributed by atoms with Gasteiger partial charge in [0, 0.05) is 12.5 Å². The molecule has 1 heterocycles. The zero-order valence-electron chi connectivity index (χ0n) is 17.1. The van der Waals surface area contributed by atoms with E-state index in [1.165, 1.54) is 17.4 Å². The van der Waals surface area contributed by atoms with Crippen molar-refractivity contribution < 1.29 is 14.3 Å². The minimum Gasteiger partial charge on any atom is -0.493 e. The second-order valence-electron chi connectivity index (χ2n) is 6.60. The Hall–Kier alpha value is -3.19. The van der Waals surface area contributed by atoms with Gasteiger partial charge in [-0.25, -0.2) is 0 Å². The van der Waals surface area contributed by atoms with E-state index in [4.69, 9.17) is 9.47 Å². The molecule has 0 fully saturated rings. The summed E-state index contributed by atoms with van der Waals surface area (Å²) < 4.78 is 11.1. The van der Waals surface area contributed by atoms with Crippen LogP contribution in [0.3, 0.4) is 0 Å². The van der Waals surface area contributed by atoms with E-state index in [1.807, 2.05) is 48.5 Å². The molecule has 2 aromatic carbocycles. The highest BCUT2D eigenvalue weighted by Crippen LogP contribution is 2.28. The van der Waals surface area contributed by atoms with E-state index in [2.05, 4.69) is 22.4 Å². The number of carbonyl (C=O) groups excluding carboxylic acids is 1. The lowest BCUT2D eigenvalue weighted by Gasteiger charge is -2.10. The standard InChI is InChI=1S/C23H25N3O3S/c1-3-4-14-29-19-12-10-18(15-20(19)28-2)11-13-21(27)24-23-26-25-22(30-23)16-17-8-6-5-7-9-17/h5-13,15H,3-4,14,16H2,1-2H3,(H,24,26,27)/b13-11+. The number of ether oxygens (including phenoxy) is 2. The van der Waals surface area contributed by atoms with Crippen LogP contribution in [0.15, 0.2) is 54.6 Å². The summed E-state index contributed by atoms with van der Waals surface area (Å²) in [5, 5.41) is 12.3. The van der Waals surface area contributed by atoms with Gasteiger partial charge in [-0.05, 0) is 35.8 Å². The van der Waals surface area contributed by atoms with Gasteiger partial charge >= 0.3 is 0 Å². The zero-order valence-corrected chi connectivity index (χ0v) is 17.9. The second kappa shape index (κ2) is 11.1. The Bertz CT molecular complexity index is 986. The number of amides is 1. The van der Waals surface area contributed by atoms with Gasteiger partial charge in [0.1, 0.15) is 5.01 Å². The van der Waals surface area contributed by atoms with Crippen LogP contribution < -0.4 is 14.8 Å². The van der Waals surface area contributed by atoms with Crippen LogP contribution in [-0.2, 0) is 11.2 Å². The van der Waals surface area contributed by atoms with E-state index in [0.717, 1.165) is 29.0 Å². The summed E-state index contributed by atoms with van der Waals surface area (Å²) in [6.07, 6.45) is 5.94. The lowest BCUT2D eigenvalue weighted by molar-refractivity contribution is -0.111. The van der Waals surface area contributed by atoms with E-state index < -0.39 is 0 Å². The second-order valence-corrected chi connectivity index (χ2v) is 7.66. The van der Waals surface area contributed by atoms with Crippen LogP contribution in [0.4, 0.5) is 5.13 Å². The van der Waals surface area contributed by atoms with Gasteiger partial charge in [-0.15, -0.1) is 10.2 Å². The Morgan fingerprint density at radius 1 is 1.13 bits per heavy atom. The summed E-state index contributed by atoms with van der Waals surface area (Å²) in [6.45, 7) is 2.77. The first kappa shape index (κ1) is 21.5. The summed E-state index contributed by atoms with van der Waals surface area (Å²) >= 11 is 1.37. The summed E-state index contributed by atoms with van der Waals surface area (Å²) in [4.78, 5) is 12.2. The highest BCUT2D eigenvalue weighted by molar-refractivity contribution is 7.15. The SMILES string of the molecule is CCCCOc1ccc(/C=C/C(=O)Nc2nnc(Cc3ccccc3)s2)cc1OC. The van der Waals surface area contributed by atoms with Gasteiger partial charge in [-0.3, -0.25) is 10.1 Å². The van der Waals surface area contributed by atoms with Crippen molar-refractivity contribution in [3.63, 3.8) is 0 Å². The fourth-order valence-electron chi connectivity index (χ4n) is 2.70. The van der Waals surface area contributed by atoms with Crippen molar-refractivity contribution in [1.82, 2.24) is 10.2 Å². The Labute approximate surface area is 180 Å². The molecule has 0 aliphatic carbocycles. The molecule has 0 aliphatic rings. The van der Waals surface area contributed by atoms with Crippen LogP contribution in [0.25, 0.3) is 6.08 Å². The third-order valence-electron chi connectivity index (χ3n) is 4.27. The van der Waals surface area contributed by atoms with Crippen LogP contribution in [-0.4, -0.2) is 29.8 Å². The minimum atomic E-state index is -0.264. The van der Waals surface area contributed by atoms with Crippen molar-refractivity contribution >= 4 is 28.5 Å². The van der Waals surface area contributed by atoms with Crippen LogP contribution in [0.2, 0.25) is 0 Å². The number of hydrogen-bond donors (Lipinski definition) is 1. The molecular weight excluding hydrogens is 398 g/mol. The number of nitrogens with one attached hydrogen (secondary N) is 1. The number of rotatable bonds is 10. The van der Waals surface area contributed by atoms with Crippen LogP contribution in [0.5, 0.6) is 11.5 Å². The van der Waals surface area contributed by atoms with Crippen molar-refractivity contribution in [2.24, 2.45) is 0 Å². The first-order valence-corrected chi connectivity index (χ1v) is 10.7. The van der Waals surface area contributed by atoms with E-state index >= 15 is 0 Å². The van der Waals surface area contributed by atoms with Gasteiger partial charge < -0.3 is 9.47 Å². The first-order valence-electron chi connectivity index (χ1n) is 9.84. The molecule has 1 aromatic heterocycles. The average Bonchev–Trinajstić information content (AvgIpc) is 3.20. The van der Waals surface area contributed by atoms with Gasteiger partial charge in [-0.1, -0.05) is 61.1 Å². The fraction of sp³-hybridized carbons (Fsp3) is 0.261. The van der Waals surface area contributed by atoms with Crippen molar-refractivity contribution in [3.05, 3.63) is 70.7 Å². The molecule has 3 rings (SSSR count). The highest BCUT2D eigenvalue weighted by Gasteiger charge is 2.08. The molecule has 7 heteroatoms. The highest BCUT2D eigenvalue weighted by atomic mass is 32.1. The molecule has 0 unspecified atom stereocenters. The molecule has 156 valence electrons. The van der Waals surface area contributed by atoms with Crippen LogP contribution >= 0.6 is 11.3 Å². The van der Waals surface area contributed by atoms with Gasteiger partial charge in [0.2, 0.25) is 11.0 Å². The lowest BCUT2D eigenvalue weighted by Crippen LogP contribution is -2.07. The number of anilines is 1. The van der Waals surface area contributed by atoms with Crippen molar-refractivity contribution in [2.75, 3.05) is 19.0 Å². The molecule has 1 N–H and O–H groups in total. The average molecular weight is 424 g/mol. The van der Waals surface area contributed by atoms with Gasteiger partial charge in [0.05, 0.1) is 13.7 Å². The zero-order chi connectivity index (χ0) is 21.2. The number of hydrogen-bond acceptors (Lipinski definition) is 6. The Balaban J connectivity index is 1.57. The maximum Gasteiger partial charge on any atom is 0.250 e. The van der Waals surface area contributed by atoms with E-state index in [1.54, 1.807) is 13.2 Å².